The van der Waals surface area contributed by atoms with Gasteiger partial charge in [0, 0.05) is 18.1 Å². The smallest absolute Gasteiger partial charge is 0.312 e. The maximum absolute atomic E-state index is 12.6. The Balaban J connectivity index is 1.73. The van der Waals surface area contributed by atoms with E-state index in [0.717, 1.165) is 0 Å². The van der Waals surface area contributed by atoms with Crippen molar-refractivity contribution >= 4 is 33.3 Å². The summed E-state index contributed by atoms with van der Waals surface area (Å²) in [5, 5.41) is 17.9. The summed E-state index contributed by atoms with van der Waals surface area (Å²) in [6, 6.07) is 6.22. The van der Waals surface area contributed by atoms with Crippen LogP contribution in [-0.4, -0.2) is 39.0 Å². The van der Waals surface area contributed by atoms with Crippen LogP contribution < -0.4 is 10.0 Å². The summed E-state index contributed by atoms with van der Waals surface area (Å²) >= 11 is 0. The molecule has 3 rings (SSSR count). The van der Waals surface area contributed by atoms with E-state index in [1.807, 2.05) is 0 Å². The molecule has 162 valence electrons. The molecule has 13 heteroatoms. The normalized spacial score (nSPS) is 12.2. The van der Waals surface area contributed by atoms with Gasteiger partial charge < -0.3 is 5.32 Å². The van der Waals surface area contributed by atoms with E-state index in [1.54, 1.807) is 13.0 Å². The number of nitrogens with one attached hydrogen (secondary N) is 2. The number of nitrogens with zero attached hydrogens (tertiary/aromatic N) is 5. The predicted octanol–water partition coefficient (Wildman–Crippen LogP) is 2.20. The Labute approximate surface area is 177 Å². The average molecular weight is 445 g/mol. The molecule has 3 aromatic rings. The number of carbonyl (C=O) groups is 1. The number of nitro groups is 1. The molecule has 1 amide bonds. The van der Waals surface area contributed by atoms with Gasteiger partial charge in [-0.05, 0) is 51.1 Å². The summed E-state index contributed by atoms with van der Waals surface area (Å²) in [4.78, 5) is 30.8. The van der Waals surface area contributed by atoms with Crippen LogP contribution in [0.15, 0.2) is 47.6 Å². The van der Waals surface area contributed by atoms with Gasteiger partial charge in [-0.1, -0.05) is 0 Å². The number of carbonyl (C=O) groups excluding carboxylic acids is 1. The molecule has 0 aliphatic rings. The minimum Gasteiger partial charge on any atom is -0.324 e. The molecule has 0 fully saturated rings. The molecule has 0 spiro atoms. The Morgan fingerprint density at radius 3 is 2.32 bits per heavy atom. The Hall–Kier alpha value is -3.87. The molecule has 0 aliphatic heterocycles. The lowest BCUT2D eigenvalue weighted by atomic mass is 10.2. The summed E-state index contributed by atoms with van der Waals surface area (Å²) in [5.41, 5.74) is 0.694. The maximum Gasteiger partial charge on any atom is 0.312 e. The first-order valence-electron chi connectivity index (χ1n) is 9.01. The Kier molecular flexibility index (Phi) is 5.97. The summed E-state index contributed by atoms with van der Waals surface area (Å²) in [5.74, 6) is -0.528. The van der Waals surface area contributed by atoms with E-state index >= 15 is 0 Å². The van der Waals surface area contributed by atoms with Crippen molar-refractivity contribution < 1.29 is 18.1 Å². The highest BCUT2D eigenvalue weighted by Gasteiger charge is 2.27. The van der Waals surface area contributed by atoms with E-state index in [4.69, 9.17) is 0 Å². The van der Waals surface area contributed by atoms with E-state index in [2.05, 4.69) is 25.1 Å². The van der Waals surface area contributed by atoms with Crippen LogP contribution in [0.2, 0.25) is 0 Å². The van der Waals surface area contributed by atoms with Gasteiger partial charge in [-0.3, -0.25) is 19.6 Å². The highest BCUT2D eigenvalue weighted by Crippen LogP contribution is 2.25. The van der Waals surface area contributed by atoms with Gasteiger partial charge in [0.1, 0.15) is 17.4 Å². The van der Waals surface area contributed by atoms with Crippen LogP contribution >= 0.6 is 0 Å². The van der Waals surface area contributed by atoms with Crippen molar-refractivity contribution in [2.75, 3.05) is 10.0 Å². The molecule has 0 aliphatic carbocycles. The number of sulfonamides is 1. The zero-order valence-electron chi connectivity index (χ0n) is 16.8. The largest absolute Gasteiger partial charge is 0.324 e. The number of rotatable bonds is 7. The first kappa shape index (κ1) is 21.8. The van der Waals surface area contributed by atoms with Crippen molar-refractivity contribution in [3.05, 3.63) is 64.2 Å². The van der Waals surface area contributed by atoms with Gasteiger partial charge in [0.15, 0.2) is 0 Å². The predicted molar refractivity (Wildman–Crippen MR) is 111 cm³/mol. The van der Waals surface area contributed by atoms with Crippen molar-refractivity contribution in [3.8, 4) is 0 Å². The zero-order valence-corrected chi connectivity index (χ0v) is 17.6. The minimum absolute atomic E-state index is 0.0415. The van der Waals surface area contributed by atoms with Crippen molar-refractivity contribution in [1.82, 2.24) is 19.7 Å². The molecule has 2 N–H and O–H groups in total. The molecule has 1 atom stereocenters. The number of hydrogen-bond acceptors (Lipinski definition) is 8. The Morgan fingerprint density at radius 1 is 1.16 bits per heavy atom. The molecular weight excluding hydrogens is 426 g/mol. The number of aryl methyl sites for hydroxylation is 1. The van der Waals surface area contributed by atoms with Crippen molar-refractivity contribution in [2.24, 2.45) is 0 Å². The lowest BCUT2D eigenvalue weighted by molar-refractivity contribution is -0.386. The van der Waals surface area contributed by atoms with Crippen LogP contribution in [0.1, 0.15) is 24.4 Å². The van der Waals surface area contributed by atoms with E-state index in [1.165, 1.54) is 55.2 Å². The number of aromatic nitrogens is 4. The summed E-state index contributed by atoms with van der Waals surface area (Å²) < 4.78 is 28.4. The third-order valence-electron chi connectivity index (χ3n) is 4.44. The lowest BCUT2D eigenvalue weighted by Crippen LogP contribution is -2.25. The van der Waals surface area contributed by atoms with Crippen molar-refractivity contribution in [1.29, 1.82) is 0 Å². The van der Waals surface area contributed by atoms with Crippen LogP contribution in [0, 0.1) is 24.0 Å². The lowest BCUT2D eigenvalue weighted by Gasteiger charge is -2.14. The maximum atomic E-state index is 12.6. The highest BCUT2D eigenvalue weighted by atomic mass is 32.2. The molecule has 0 bridgehead atoms. The van der Waals surface area contributed by atoms with Gasteiger partial charge in [-0.2, -0.15) is 5.10 Å². The van der Waals surface area contributed by atoms with Crippen LogP contribution in [0.3, 0.4) is 0 Å². The fourth-order valence-electron chi connectivity index (χ4n) is 2.90. The number of benzene rings is 1. The quantitative estimate of drug-likeness (QED) is 0.413. The Bertz CT molecular complexity index is 1220. The standard InChI is InChI=1S/C18H19N7O5S/c1-11-16(25(27)28)12(2)24(22-11)13(3)17(26)21-14-5-7-15(8-6-14)31(29,30)23-18-19-9-4-10-20-18/h4-10,13H,1-3H3,(H,21,26)(H,19,20,23). The second kappa shape index (κ2) is 8.47. The highest BCUT2D eigenvalue weighted by molar-refractivity contribution is 7.92. The molecule has 2 aromatic heterocycles. The van der Waals surface area contributed by atoms with Crippen molar-refractivity contribution in [2.45, 2.75) is 31.7 Å². The number of hydrogen-bond donors (Lipinski definition) is 2. The number of anilines is 2. The first-order chi connectivity index (χ1) is 14.6. The first-order valence-corrected chi connectivity index (χ1v) is 10.5. The van der Waals surface area contributed by atoms with Crippen molar-refractivity contribution in [3.63, 3.8) is 0 Å². The van der Waals surface area contributed by atoms with E-state index in [-0.39, 0.29) is 27.9 Å². The molecule has 1 unspecified atom stereocenters. The Morgan fingerprint density at radius 2 is 1.77 bits per heavy atom. The van der Waals surface area contributed by atoms with Gasteiger partial charge in [0.25, 0.3) is 10.0 Å². The molecular formula is C18H19N7O5S. The van der Waals surface area contributed by atoms with E-state index in [9.17, 15) is 23.3 Å². The van der Waals surface area contributed by atoms with Gasteiger partial charge in [0.05, 0.1) is 9.82 Å². The minimum atomic E-state index is -3.90. The summed E-state index contributed by atoms with van der Waals surface area (Å²) in [7, 11) is -3.90. The average Bonchev–Trinajstić information content (AvgIpc) is 3.02. The molecule has 31 heavy (non-hydrogen) atoms. The molecule has 0 radical (unpaired) electrons. The fourth-order valence-corrected chi connectivity index (χ4v) is 3.86. The van der Waals surface area contributed by atoms with Gasteiger partial charge in [0.2, 0.25) is 11.9 Å². The number of amides is 1. The van der Waals surface area contributed by atoms with Crippen LogP contribution in [0.5, 0.6) is 0 Å². The van der Waals surface area contributed by atoms with Crippen LogP contribution in [0.4, 0.5) is 17.3 Å². The monoisotopic (exact) mass is 445 g/mol. The second-order valence-corrected chi connectivity index (χ2v) is 8.27. The summed E-state index contributed by atoms with van der Waals surface area (Å²) in [6.45, 7) is 4.58. The second-order valence-electron chi connectivity index (χ2n) is 6.59. The zero-order chi connectivity index (χ0) is 22.8. The van der Waals surface area contributed by atoms with Gasteiger partial charge >= 0.3 is 5.69 Å². The van der Waals surface area contributed by atoms with Gasteiger partial charge in [-0.25, -0.2) is 23.1 Å². The molecule has 2 heterocycles. The SMILES string of the molecule is Cc1nn(C(C)C(=O)Nc2ccc(S(=O)(=O)Nc3ncccn3)cc2)c(C)c1[N+](=O)[O-]. The van der Waals surface area contributed by atoms with Gasteiger partial charge in [-0.15, -0.1) is 0 Å². The molecule has 0 saturated carbocycles. The topological polar surface area (TPSA) is 162 Å². The van der Waals surface area contributed by atoms with E-state index < -0.39 is 26.9 Å². The molecule has 1 aromatic carbocycles. The third-order valence-corrected chi connectivity index (χ3v) is 5.78. The van der Waals surface area contributed by atoms with Crippen LogP contribution in [-0.2, 0) is 14.8 Å². The molecule has 0 saturated heterocycles. The fraction of sp³-hybridized carbons (Fsp3) is 0.222. The summed E-state index contributed by atoms with van der Waals surface area (Å²) in [6.07, 6.45) is 2.81. The van der Waals surface area contributed by atoms with Crippen LogP contribution in [0.25, 0.3) is 0 Å². The molecule has 12 nitrogen and oxygen atoms in total. The van der Waals surface area contributed by atoms with E-state index in [0.29, 0.717) is 5.69 Å². The third kappa shape index (κ3) is 4.66.